The molecule has 1 aliphatic rings. The van der Waals surface area contributed by atoms with Crippen molar-refractivity contribution in [3.63, 3.8) is 0 Å². The topological polar surface area (TPSA) is 19.9 Å². The van der Waals surface area contributed by atoms with E-state index in [1.807, 2.05) is 17.4 Å². The Balaban J connectivity index is 1.51. The molecule has 0 aliphatic carbocycles. The Morgan fingerprint density at radius 3 is 2.52 bits per heavy atom. The van der Waals surface area contributed by atoms with E-state index in [0.717, 1.165) is 16.9 Å². The summed E-state index contributed by atoms with van der Waals surface area (Å²) in [6, 6.07) is 9.40. The molecule has 1 fully saturated rings. The van der Waals surface area contributed by atoms with Crippen LogP contribution < -0.4 is 5.32 Å². The van der Waals surface area contributed by atoms with Gasteiger partial charge in [0.15, 0.2) is 0 Å². The zero-order valence-corrected chi connectivity index (χ0v) is 14.7. The van der Waals surface area contributed by atoms with Crippen LogP contribution in [0.5, 0.6) is 0 Å². The minimum atomic E-state index is 0.800. The standard InChI is InChI=1S/C16H21ClN2S2/c1-2-19-9-7-12(8-10-19)18-11-13-3-4-14(20-13)15-5-6-16(17)21-15/h3-6,12,18H,2,7-11H2,1H3/p+1. The first kappa shape index (κ1) is 15.5. The number of nitrogens with zero attached hydrogens (tertiary/aromatic N) is 1. The number of thiophene rings is 2. The lowest BCUT2D eigenvalue weighted by atomic mass is 10.1. The lowest BCUT2D eigenvalue weighted by Crippen LogP contribution is -2.89. The van der Waals surface area contributed by atoms with Crippen molar-refractivity contribution in [2.45, 2.75) is 32.4 Å². The number of likely N-dealkylation sites (tertiary alicyclic amines) is 1. The highest BCUT2D eigenvalue weighted by atomic mass is 35.5. The quantitative estimate of drug-likeness (QED) is 0.879. The Hall–Kier alpha value is -0.390. The third-order valence-electron chi connectivity index (χ3n) is 4.21. The first-order chi connectivity index (χ1) is 10.2. The van der Waals surface area contributed by atoms with Crippen LogP contribution in [0.15, 0.2) is 24.3 Å². The number of hydrogen-bond donors (Lipinski definition) is 1. The zero-order chi connectivity index (χ0) is 14.7. The van der Waals surface area contributed by atoms with E-state index in [0.29, 0.717) is 0 Å². The number of halogens is 1. The van der Waals surface area contributed by atoms with E-state index in [-0.39, 0.29) is 0 Å². The Kier molecular flexibility index (Phi) is 5.35. The smallest absolute Gasteiger partial charge is 0.111 e. The molecule has 0 spiro atoms. The second-order valence-corrected chi connectivity index (χ2v) is 8.46. The monoisotopic (exact) mass is 341 g/mol. The van der Waals surface area contributed by atoms with Gasteiger partial charge < -0.3 is 10.2 Å². The molecule has 0 amide bonds. The normalized spacial score (nSPS) is 17.4. The van der Waals surface area contributed by atoms with Crippen LogP contribution in [-0.4, -0.2) is 30.6 Å². The maximum Gasteiger partial charge on any atom is 0.111 e. The second-order valence-electron chi connectivity index (χ2n) is 5.58. The molecule has 114 valence electrons. The minimum absolute atomic E-state index is 0.800. The highest BCUT2D eigenvalue weighted by molar-refractivity contribution is 7.24. The van der Waals surface area contributed by atoms with Gasteiger partial charge in [-0.25, -0.2) is 0 Å². The van der Waals surface area contributed by atoms with Crippen molar-refractivity contribution in [3.8, 4) is 9.75 Å². The summed E-state index contributed by atoms with van der Waals surface area (Å²) in [6.07, 6.45) is 2.65. The summed E-state index contributed by atoms with van der Waals surface area (Å²) in [7, 11) is 0. The average Bonchev–Trinajstić information content (AvgIpc) is 3.14. The van der Waals surface area contributed by atoms with Crippen molar-refractivity contribution in [1.82, 2.24) is 4.90 Å². The van der Waals surface area contributed by atoms with Crippen molar-refractivity contribution in [3.05, 3.63) is 33.5 Å². The number of rotatable bonds is 5. The fraction of sp³-hybridized carbons (Fsp3) is 0.500. The fourth-order valence-electron chi connectivity index (χ4n) is 2.85. The molecule has 2 nitrogen and oxygen atoms in total. The van der Waals surface area contributed by atoms with Crippen LogP contribution in [0.25, 0.3) is 9.75 Å². The number of nitrogens with two attached hydrogens (primary N) is 1. The van der Waals surface area contributed by atoms with Gasteiger partial charge >= 0.3 is 0 Å². The molecule has 2 N–H and O–H groups in total. The van der Waals surface area contributed by atoms with Crippen LogP contribution in [0.1, 0.15) is 24.6 Å². The lowest BCUT2D eigenvalue weighted by molar-refractivity contribution is -0.706. The summed E-state index contributed by atoms with van der Waals surface area (Å²) in [5.41, 5.74) is 0. The van der Waals surface area contributed by atoms with E-state index < -0.39 is 0 Å². The van der Waals surface area contributed by atoms with E-state index in [4.69, 9.17) is 11.6 Å². The largest absolute Gasteiger partial charge is 0.339 e. The molecule has 3 heterocycles. The van der Waals surface area contributed by atoms with Crippen molar-refractivity contribution in [2.75, 3.05) is 19.6 Å². The van der Waals surface area contributed by atoms with Gasteiger partial charge in [-0.2, -0.15) is 0 Å². The maximum atomic E-state index is 6.02. The van der Waals surface area contributed by atoms with Gasteiger partial charge in [0.2, 0.25) is 0 Å². The van der Waals surface area contributed by atoms with E-state index in [2.05, 4.69) is 35.3 Å². The second kappa shape index (κ2) is 7.25. The molecule has 2 aromatic heterocycles. The molecule has 0 radical (unpaired) electrons. The van der Waals surface area contributed by atoms with Gasteiger partial charge in [0.05, 0.1) is 15.3 Å². The predicted octanol–water partition coefficient (Wildman–Crippen LogP) is 3.68. The summed E-state index contributed by atoms with van der Waals surface area (Å²) >= 11 is 9.58. The third kappa shape index (κ3) is 4.08. The van der Waals surface area contributed by atoms with Crippen LogP contribution in [0, 0.1) is 0 Å². The van der Waals surface area contributed by atoms with Crippen LogP contribution >= 0.6 is 34.3 Å². The Labute approximate surface area is 139 Å². The van der Waals surface area contributed by atoms with Crippen molar-refractivity contribution >= 4 is 34.3 Å². The summed E-state index contributed by atoms with van der Waals surface area (Å²) in [4.78, 5) is 6.64. The van der Waals surface area contributed by atoms with Crippen molar-refractivity contribution in [1.29, 1.82) is 0 Å². The van der Waals surface area contributed by atoms with Gasteiger partial charge in [-0.1, -0.05) is 18.5 Å². The molecule has 5 heteroatoms. The van der Waals surface area contributed by atoms with Crippen LogP contribution in [0.4, 0.5) is 0 Å². The highest BCUT2D eigenvalue weighted by Crippen LogP contribution is 2.35. The SMILES string of the molecule is CCN1CCC([NH2+]Cc2ccc(-c3ccc(Cl)s3)s2)CC1. The fourth-order valence-corrected chi connectivity index (χ4v) is 4.97. The van der Waals surface area contributed by atoms with E-state index in [9.17, 15) is 0 Å². The minimum Gasteiger partial charge on any atom is -0.339 e. The molecule has 0 bridgehead atoms. The van der Waals surface area contributed by atoms with Gasteiger partial charge in [0.1, 0.15) is 6.54 Å². The third-order valence-corrected chi connectivity index (χ3v) is 6.74. The number of hydrogen-bond acceptors (Lipinski definition) is 3. The van der Waals surface area contributed by atoms with Gasteiger partial charge in [0, 0.05) is 35.7 Å². The Morgan fingerprint density at radius 2 is 1.86 bits per heavy atom. The first-order valence-electron chi connectivity index (χ1n) is 7.64. The van der Waals surface area contributed by atoms with Crippen molar-refractivity contribution < 1.29 is 5.32 Å². The lowest BCUT2D eigenvalue weighted by Gasteiger charge is -2.29. The molecule has 21 heavy (non-hydrogen) atoms. The van der Waals surface area contributed by atoms with Gasteiger partial charge in [-0.3, -0.25) is 0 Å². The molecule has 0 atom stereocenters. The van der Waals surface area contributed by atoms with Crippen molar-refractivity contribution in [2.24, 2.45) is 0 Å². The van der Waals surface area contributed by atoms with E-state index in [1.165, 1.54) is 47.1 Å². The maximum absolute atomic E-state index is 6.02. The van der Waals surface area contributed by atoms with Crippen LogP contribution in [0.3, 0.4) is 0 Å². The van der Waals surface area contributed by atoms with E-state index in [1.54, 1.807) is 11.3 Å². The molecule has 3 rings (SSSR count). The highest BCUT2D eigenvalue weighted by Gasteiger charge is 2.20. The Morgan fingerprint density at radius 1 is 1.14 bits per heavy atom. The summed E-state index contributed by atoms with van der Waals surface area (Å²) in [6.45, 7) is 7.10. The summed E-state index contributed by atoms with van der Waals surface area (Å²) in [5, 5.41) is 2.53. The van der Waals surface area contributed by atoms with Crippen LogP contribution in [-0.2, 0) is 6.54 Å². The van der Waals surface area contributed by atoms with Crippen LogP contribution in [0.2, 0.25) is 4.34 Å². The zero-order valence-electron chi connectivity index (χ0n) is 12.3. The average molecular weight is 342 g/mol. The molecule has 1 aliphatic heterocycles. The first-order valence-corrected chi connectivity index (χ1v) is 9.66. The van der Waals surface area contributed by atoms with Gasteiger partial charge in [-0.15, -0.1) is 22.7 Å². The number of quaternary nitrogens is 1. The summed E-state index contributed by atoms with van der Waals surface area (Å²) < 4.78 is 0.870. The molecule has 2 aromatic rings. The molecule has 0 saturated carbocycles. The molecular formula is C16H22ClN2S2+. The molecule has 0 unspecified atom stereocenters. The Bertz CT molecular complexity index is 570. The molecule has 0 aromatic carbocycles. The van der Waals surface area contributed by atoms with E-state index >= 15 is 0 Å². The number of piperidine rings is 1. The van der Waals surface area contributed by atoms with Gasteiger partial charge in [-0.05, 0) is 30.8 Å². The predicted molar refractivity (Wildman–Crippen MR) is 93.4 cm³/mol. The summed E-state index contributed by atoms with van der Waals surface area (Å²) in [5.74, 6) is 0. The molecule has 1 saturated heterocycles. The van der Waals surface area contributed by atoms with Gasteiger partial charge in [0.25, 0.3) is 0 Å². The molecular weight excluding hydrogens is 320 g/mol.